The third-order valence-corrected chi connectivity index (χ3v) is 5.84. The average molecular weight is 515 g/mol. The highest BCUT2D eigenvalue weighted by Gasteiger charge is 2.15. The van der Waals surface area contributed by atoms with Crippen LogP contribution in [0, 0.1) is 11.3 Å². The zero-order chi connectivity index (χ0) is 25.2. The summed E-state index contributed by atoms with van der Waals surface area (Å²) in [7, 11) is 3.07. The number of carbonyl (C=O) groups excluding carboxylic acids is 1. The van der Waals surface area contributed by atoms with Gasteiger partial charge in [0.05, 0.1) is 19.2 Å². The zero-order valence-electron chi connectivity index (χ0n) is 19.3. The third-order valence-electron chi connectivity index (χ3n) is 4.58. The monoisotopic (exact) mass is 514 g/mol. The van der Waals surface area contributed by atoms with Crippen LogP contribution in [0.5, 0.6) is 23.0 Å². The van der Waals surface area contributed by atoms with Crippen molar-refractivity contribution in [3.63, 3.8) is 0 Å². The summed E-state index contributed by atoms with van der Waals surface area (Å²) in [5, 5.41) is 21.3. The number of anilines is 1. The SMILES string of the molecule is CCc1nnc(NC(=O)C(C#N)=Cc2cc(Cl)c(OCCOc3ccc(OC)cc3)c(OC)c2)s1. The van der Waals surface area contributed by atoms with E-state index < -0.39 is 5.91 Å². The van der Waals surface area contributed by atoms with Crippen LogP contribution in [-0.2, 0) is 11.2 Å². The molecule has 1 N–H and O–H groups in total. The number of nitriles is 1. The largest absolute Gasteiger partial charge is 0.497 e. The van der Waals surface area contributed by atoms with Gasteiger partial charge in [-0.1, -0.05) is 29.9 Å². The normalized spacial score (nSPS) is 10.9. The summed E-state index contributed by atoms with van der Waals surface area (Å²) >= 11 is 7.66. The van der Waals surface area contributed by atoms with Crippen molar-refractivity contribution in [2.24, 2.45) is 0 Å². The highest BCUT2D eigenvalue weighted by atomic mass is 35.5. The van der Waals surface area contributed by atoms with Crippen molar-refractivity contribution in [3.05, 3.63) is 57.6 Å². The maximum atomic E-state index is 12.5. The maximum absolute atomic E-state index is 12.5. The molecule has 2 aromatic carbocycles. The van der Waals surface area contributed by atoms with Crippen molar-refractivity contribution >= 4 is 40.1 Å². The van der Waals surface area contributed by atoms with E-state index in [2.05, 4.69) is 15.5 Å². The lowest BCUT2D eigenvalue weighted by atomic mass is 10.1. The van der Waals surface area contributed by atoms with Gasteiger partial charge in [-0.15, -0.1) is 10.2 Å². The molecular formula is C24H23ClN4O5S. The van der Waals surface area contributed by atoms with E-state index >= 15 is 0 Å². The van der Waals surface area contributed by atoms with Crippen molar-refractivity contribution in [3.8, 4) is 29.1 Å². The molecule has 0 bridgehead atoms. The Balaban J connectivity index is 1.66. The predicted molar refractivity (Wildman–Crippen MR) is 133 cm³/mol. The minimum atomic E-state index is -0.600. The van der Waals surface area contributed by atoms with Crippen molar-refractivity contribution in [2.75, 3.05) is 32.8 Å². The number of ether oxygens (including phenoxy) is 4. The number of benzene rings is 2. The molecular weight excluding hydrogens is 492 g/mol. The molecule has 3 aromatic rings. The highest BCUT2D eigenvalue weighted by molar-refractivity contribution is 7.15. The fraction of sp³-hybridized carbons (Fsp3) is 0.250. The molecule has 0 atom stereocenters. The first-order valence-corrected chi connectivity index (χ1v) is 11.7. The van der Waals surface area contributed by atoms with Crippen molar-refractivity contribution in [1.29, 1.82) is 5.26 Å². The topological polar surface area (TPSA) is 116 Å². The molecule has 11 heteroatoms. The molecule has 0 radical (unpaired) electrons. The van der Waals surface area contributed by atoms with Crippen LogP contribution in [0.15, 0.2) is 42.0 Å². The van der Waals surface area contributed by atoms with Gasteiger partial charge in [0, 0.05) is 0 Å². The molecule has 3 rings (SSSR count). The Hall–Kier alpha value is -3.81. The first-order chi connectivity index (χ1) is 17.0. The molecule has 0 saturated heterocycles. The number of hydrogen-bond acceptors (Lipinski definition) is 9. The molecule has 0 fully saturated rings. The zero-order valence-corrected chi connectivity index (χ0v) is 20.9. The van der Waals surface area contributed by atoms with Gasteiger partial charge in [-0.05, 0) is 54.5 Å². The Morgan fingerprint density at radius 2 is 1.83 bits per heavy atom. The van der Waals surface area contributed by atoms with E-state index in [0.29, 0.717) is 34.4 Å². The number of aryl methyl sites for hydroxylation is 1. The second-order valence-corrected chi connectivity index (χ2v) is 8.35. The minimum absolute atomic E-state index is 0.127. The third kappa shape index (κ3) is 7.09. The Morgan fingerprint density at radius 1 is 1.11 bits per heavy atom. The van der Waals surface area contributed by atoms with Crippen LogP contribution in [0.1, 0.15) is 17.5 Å². The van der Waals surface area contributed by atoms with Gasteiger partial charge >= 0.3 is 0 Å². The summed E-state index contributed by atoms with van der Waals surface area (Å²) < 4.78 is 21.9. The Morgan fingerprint density at radius 3 is 2.46 bits per heavy atom. The molecule has 0 aliphatic carbocycles. The molecule has 1 heterocycles. The second-order valence-electron chi connectivity index (χ2n) is 6.89. The van der Waals surface area contributed by atoms with Crippen LogP contribution in [0.2, 0.25) is 5.02 Å². The van der Waals surface area contributed by atoms with Gasteiger partial charge in [0.15, 0.2) is 11.5 Å². The molecule has 0 saturated carbocycles. The number of aromatic nitrogens is 2. The number of hydrogen-bond donors (Lipinski definition) is 1. The van der Waals surface area contributed by atoms with Gasteiger partial charge in [0.25, 0.3) is 5.91 Å². The van der Waals surface area contributed by atoms with E-state index in [-0.39, 0.29) is 23.8 Å². The number of carbonyl (C=O) groups is 1. The van der Waals surface area contributed by atoms with Crippen LogP contribution in [0.25, 0.3) is 6.08 Å². The number of amides is 1. The maximum Gasteiger partial charge on any atom is 0.268 e. The summed E-state index contributed by atoms with van der Waals surface area (Å²) in [6.07, 6.45) is 2.11. The number of halogens is 1. The van der Waals surface area contributed by atoms with E-state index in [0.717, 1.165) is 10.8 Å². The van der Waals surface area contributed by atoms with Crippen molar-refractivity contribution in [2.45, 2.75) is 13.3 Å². The average Bonchev–Trinajstić information content (AvgIpc) is 3.33. The molecule has 1 amide bonds. The second kappa shape index (κ2) is 12.6. The highest BCUT2D eigenvalue weighted by Crippen LogP contribution is 2.37. The van der Waals surface area contributed by atoms with E-state index in [1.807, 2.05) is 13.0 Å². The fourth-order valence-electron chi connectivity index (χ4n) is 2.87. The van der Waals surface area contributed by atoms with Crippen LogP contribution in [-0.4, -0.2) is 43.5 Å². The Labute approximate surface area is 211 Å². The molecule has 0 spiro atoms. The summed E-state index contributed by atoms with van der Waals surface area (Å²) in [4.78, 5) is 12.5. The number of methoxy groups -OCH3 is 2. The van der Waals surface area contributed by atoms with Crippen LogP contribution < -0.4 is 24.3 Å². The number of rotatable bonds is 11. The fourth-order valence-corrected chi connectivity index (χ4v) is 3.81. The molecule has 9 nitrogen and oxygen atoms in total. The molecule has 1 aromatic heterocycles. The minimum Gasteiger partial charge on any atom is -0.497 e. The smallest absolute Gasteiger partial charge is 0.268 e. The first kappa shape index (κ1) is 25.8. The summed E-state index contributed by atoms with van der Waals surface area (Å²) in [6.45, 7) is 2.42. The Bertz CT molecular complexity index is 1240. The van der Waals surface area contributed by atoms with Gasteiger partial charge in [-0.25, -0.2) is 0 Å². The van der Waals surface area contributed by atoms with Crippen molar-refractivity contribution < 1.29 is 23.7 Å². The lowest BCUT2D eigenvalue weighted by Crippen LogP contribution is -2.13. The van der Waals surface area contributed by atoms with E-state index in [4.69, 9.17) is 30.5 Å². The molecule has 0 aliphatic heterocycles. The van der Waals surface area contributed by atoms with Crippen molar-refractivity contribution in [1.82, 2.24) is 10.2 Å². The van der Waals surface area contributed by atoms with Gasteiger partial charge in [0.2, 0.25) is 5.13 Å². The van der Waals surface area contributed by atoms with Gasteiger partial charge in [-0.3, -0.25) is 10.1 Å². The van der Waals surface area contributed by atoms with Gasteiger partial charge in [-0.2, -0.15) is 5.26 Å². The lowest BCUT2D eigenvalue weighted by Gasteiger charge is -2.14. The van der Waals surface area contributed by atoms with E-state index in [1.54, 1.807) is 43.5 Å². The lowest BCUT2D eigenvalue weighted by molar-refractivity contribution is -0.112. The standard InChI is InChI=1S/C24H23ClN4O5S/c1-4-21-28-29-24(35-21)27-23(30)16(14-26)11-15-12-19(25)22(20(13-15)32-3)34-10-9-33-18-7-5-17(31-2)6-8-18/h5-8,11-13H,4,9-10H2,1-3H3,(H,27,29,30). The van der Waals surface area contributed by atoms with E-state index in [1.165, 1.54) is 24.5 Å². The summed E-state index contributed by atoms with van der Waals surface area (Å²) in [5.74, 6) is 1.49. The molecule has 35 heavy (non-hydrogen) atoms. The Kier molecular flexibility index (Phi) is 9.29. The summed E-state index contributed by atoms with van der Waals surface area (Å²) in [5.41, 5.74) is 0.366. The predicted octanol–water partition coefficient (Wildman–Crippen LogP) is 4.77. The van der Waals surface area contributed by atoms with Gasteiger partial charge in [0.1, 0.15) is 41.4 Å². The van der Waals surface area contributed by atoms with Crippen LogP contribution in [0.3, 0.4) is 0 Å². The summed E-state index contributed by atoms with van der Waals surface area (Å²) in [6, 6.07) is 12.3. The first-order valence-electron chi connectivity index (χ1n) is 10.5. The van der Waals surface area contributed by atoms with Crippen LogP contribution >= 0.6 is 22.9 Å². The molecule has 0 unspecified atom stereocenters. The van der Waals surface area contributed by atoms with Gasteiger partial charge < -0.3 is 18.9 Å². The quantitative estimate of drug-likeness (QED) is 0.221. The molecule has 182 valence electrons. The number of nitrogens with zero attached hydrogens (tertiary/aromatic N) is 3. The van der Waals surface area contributed by atoms with Crippen LogP contribution in [0.4, 0.5) is 5.13 Å². The molecule has 0 aliphatic rings. The number of nitrogens with one attached hydrogen (secondary N) is 1. The van der Waals surface area contributed by atoms with E-state index in [9.17, 15) is 10.1 Å².